The molecule has 0 aliphatic carbocycles. The van der Waals surface area contributed by atoms with Gasteiger partial charge in [-0.1, -0.05) is 42.5 Å². The first-order chi connectivity index (χ1) is 7.22. The molecule has 0 aliphatic rings. The van der Waals surface area contributed by atoms with Gasteiger partial charge in [0, 0.05) is 13.5 Å². The molecule has 0 heterocycles. The predicted molar refractivity (Wildman–Crippen MR) is 68.0 cm³/mol. The van der Waals surface area contributed by atoms with E-state index in [4.69, 9.17) is 18.0 Å². The molecule has 0 radical (unpaired) electrons. The van der Waals surface area contributed by atoms with E-state index in [0.29, 0.717) is 5.96 Å². The van der Waals surface area contributed by atoms with Crippen LogP contribution in [0.3, 0.4) is 0 Å². The first-order valence-electron chi connectivity index (χ1n) is 4.78. The third kappa shape index (κ3) is 4.56. The van der Waals surface area contributed by atoms with Gasteiger partial charge in [0.25, 0.3) is 0 Å². The summed E-state index contributed by atoms with van der Waals surface area (Å²) in [5.41, 5.74) is 6.77. The average Bonchev–Trinajstić information content (AvgIpc) is 2.27. The minimum absolute atomic E-state index is 0.369. The molecule has 0 aliphatic heterocycles. The molecule has 1 rings (SSSR count). The number of thiocarbonyl (C=S) groups is 1. The lowest BCUT2D eigenvalue weighted by atomic mass is 10.1. The molecule has 3 nitrogen and oxygen atoms in total. The smallest absolute Gasteiger partial charge is 0.193 e. The van der Waals surface area contributed by atoms with Crippen LogP contribution in [0, 0.1) is 0 Å². The van der Waals surface area contributed by atoms with Gasteiger partial charge < -0.3 is 11.1 Å². The second-order valence-electron chi connectivity index (χ2n) is 3.14. The number of guanidine groups is 1. The van der Waals surface area contributed by atoms with E-state index in [1.54, 1.807) is 7.05 Å². The molecule has 0 atom stereocenters. The normalized spacial score (nSPS) is 11.1. The monoisotopic (exact) mass is 221 g/mol. The Hall–Kier alpha value is -1.42. The van der Waals surface area contributed by atoms with E-state index in [1.165, 1.54) is 5.56 Å². The highest BCUT2D eigenvalue weighted by Gasteiger charge is 1.98. The van der Waals surface area contributed by atoms with Gasteiger partial charge in [0.2, 0.25) is 0 Å². The standard InChI is InChI=1S/C11H15N3S/c1-13-11(12)14-10(15)8-7-9-5-3-2-4-6-9/h2-6H,7-8H2,1H3,(H3,12,13,14,15). The molecule has 0 saturated carbocycles. The Morgan fingerprint density at radius 1 is 1.40 bits per heavy atom. The number of nitrogens with two attached hydrogens (primary N) is 1. The summed E-state index contributed by atoms with van der Waals surface area (Å²) >= 11 is 5.12. The predicted octanol–water partition coefficient (Wildman–Crippen LogP) is 1.48. The summed E-state index contributed by atoms with van der Waals surface area (Å²) in [7, 11) is 1.63. The minimum Gasteiger partial charge on any atom is -0.370 e. The summed E-state index contributed by atoms with van der Waals surface area (Å²) < 4.78 is 0. The number of nitrogens with zero attached hydrogens (tertiary/aromatic N) is 1. The van der Waals surface area contributed by atoms with Gasteiger partial charge >= 0.3 is 0 Å². The van der Waals surface area contributed by atoms with Crippen molar-refractivity contribution in [2.24, 2.45) is 10.7 Å². The molecule has 0 amide bonds. The maximum absolute atomic E-state index is 5.49. The third-order valence-corrected chi connectivity index (χ3v) is 2.30. The number of nitrogens with one attached hydrogen (secondary N) is 1. The van der Waals surface area contributed by atoms with Crippen molar-refractivity contribution >= 4 is 23.2 Å². The van der Waals surface area contributed by atoms with Crippen LogP contribution in [0.1, 0.15) is 12.0 Å². The SMILES string of the molecule is CN=C(N)NC(=S)CCc1ccccc1. The summed E-state index contributed by atoms with van der Waals surface area (Å²) in [5.74, 6) is 0.369. The lowest BCUT2D eigenvalue weighted by Crippen LogP contribution is -2.35. The van der Waals surface area contributed by atoms with Crippen LogP contribution in [0.4, 0.5) is 0 Å². The quantitative estimate of drug-likeness (QED) is 0.462. The fraction of sp³-hybridized carbons (Fsp3) is 0.273. The fourth-order valence-corrected chi connectivity index (χ4v) is 1.37. The van der Waals surface area contributed by atoms with Crippen molar-refractivity contribution in [3.8, 4) is 0 Å². The van der Waals surface area contributed by atoms with Gasteiger partial charge in [-0.15, -0.1) is 0 Å². The Morgan fingerprint density at radius 2 is 2.07 bits per heavy atom. The van der Waals surface area contributed by atoms with Crippen LogP contribution in [0.15, 0.2) is 35.3 Å². The zero-order valence-corrected chi connectivity index (χ0v) is 9.55. The van der Waals surface area contributed by atoms with Crippen LogP contribution >= 0.6 is 12.2 Å². The molecular weight excluding hydrogens is 206 g/mol. The summed E-state index contributed by atoms with van der Waals surface area (Å²) in [5, 5.41) is 2.86. The van der Waals surface area contributed by atoms with E-state index < -0.39 is 0 Å². The molecule has 0 bridgehead atoms. The maximum atomic E-state index is 5.49. The van der Waals surface area contributed by atoms with Crippen molar-refractivity contribution in [1.29, 1.82) is 0 Å². The van der Waals surface area contributed by atoms with E-state index in [9.17, 15) is 0 Å². The molecule has 80 valence electrons. The molecule has 0 fully saturated rings. The first kappa shape index (κ1) is 11.7. The second-order valence-corrected chi connectivity index (χ2v) is 3.64. The van der Waals surface area contributed by atoms with Crippen LogP contribution in [0.25, 0.3) is 0 Å². The van der Waals surface area contributed by atoms with Gasteiger partial charge in [-0.05, 0) is 12.0 Å². The van der Waals surface area contributed by atoms with E-state index in [1.807, 2.05) is 18.2 Å². The highest BCUT2D eigenvalue weighted by Crippen LogP contribution is 2.02. The highest BCUT2D eigenvalue weighted by molar-refractivity contribution is 7.80. The Balaban J connectivity index is 2.35. The van der Waals surface area contributed by atoms with Crippen LogP contribution < -0.4 is 11.1 Å². The van der Waals surface area contributed by atoms with Crippen molar-refractivity contribution in [3.05, 3.63) is 35.9 Å². The van der Waals surface area contributed by atoms with Gasteiger partial charge in [-0.2, -0.15) is 0 Å². The average molecular weight is 221 g/mol. The second kappa shape index (κ2) is 6.14. The minimum atomic E-state index is 0.369. The van der Waals surface area contributed by atoms with Crippen molar-refractivity contribution in [2.75, 3.05) is 7.05 Å². The summed E-state index contributed by atoms with van der Waals surface area (Å²) in [6, 6.07) is 10.2. The number of aryl methyl sites for hydroxylation is 1. The molecule has 1 aromatic carbocycles. The van der Waals surface area contributed by atoms with Gasteiger partial charge in [0.1, 0.15) is 0 Å². The largest absolute Gasteiger partial charge is 0.370 e. The number of hydrogen-bond acceptors (Lipinski definition) is 2. The molecule has 3 N–H and O–H groups in total. The van der Waals surface area contributed by atoms with Crippen LogP contribution in [0.2, 0.25) is 0 Å². The van der Waals surface area contributed by atoms with E-state index >= 15 is 0 Å². The van der Waals surface area contributed by atoms with E-state index in [0.717, 1.165) is 17.8 Å². The number of aliphatic imine (C=N–C) groups is 1. The van der Waals surface area contributed by atoms with Gasteiger partial charge in [0.15, 0.2) is 5.96 Å². The van der Waals surface area contributed by atoms with Crippen molar-refractivity contribution < 1.29 is 0 Å². The van der Waals surface area contributed by atoms with Crippen LogP contribution in [-0.4, -0.2) is 18.0 Å². The van der Waals surface area contributed by atoms with Crippen molar-refractivity contribution in [2.45, 2.75) is 12.8 Å². The molecule has 0 unspecified atom stereocenters. The summed E-state index contributed by atoms with van der Waals surface area (Å²) in [6.07, 6.45) is 1.71. The molecule has 1 aromatic rings. The van der Waals surface area contributed by atoms with Gasteiger partial charge in [0.05, 0.1) is 4.99 Å². The topological polar surface area (TPSA) is 50.4 Å². The van der Waals surface area contributed by atoms with Gasteiger partial charge in [-0.3, -0.25) is 4.99 Å². The number of hydrogen-bond donors (Lipinski definition) is 2. The highest BCUT2D eigenvalue weighted by atomic mass is 32.1. The van der Waals surface area contributed by atoms with Crippen molar-refractivity contribution in [3.63, 3.8) is 0 Å². The zero-order valence-electron chi connectivity index (χ0n) is 8.73. The van der Waals surface area contributed by atoms with Gasteiger partial charge in [-0.25, -0.2) is 0 Å². The van der Waals surface area contributed by atoms with Crippen molar-refractivity contribution in [1.82, 2.24) is 5.32 Å². The third-order valence-electron chi connectivity index (χ3n) is 1.99. The molecule has 0 aromatic heterocycles. The van der Waals surface area contributed by atoms with Crippen LogP contribution in [0.5, 0.6) is 0 Å². The first-order valence-corrected chi connectivity index (χ1v) is 5.19. The van der Waals surface area contributed by atoms with Crippen LogP contribution in [-0.2, 0) is 6.42 Å². The molecule has 4 heteroatoms. The molecule has 0 saturated heterocycles. The molecule has 15 heavy (non-hydrogen) atoms. The lowest BCUT2D eigenvalue weighted by molar-refractivity contribution is 1.02. The summed E-state index contributed by atoms with van der Waals surface area (Å²) in [4.78, 5) is 4.50. The Labute approximate surface area is 95.4 Å². The zero-order chi connectivity index (χ0) is 11.1. The summed E-state index contributed by atoms with van der Waals surface area (Å²) in [6.45, 7) is 0. The maximum Gasteiger partial charge on any atom is 0.193 e. The lowest BCUT2D eigenvalue weighted by Gasteiger charge is -2.06. The Bertz CT molecular complexity index is 346. The Morgan fingerprint density at radius 3 is 2.67 bits per heavy atom. The fourth-order valence-electron chi connectivity index (χ4n) is 1.16. The number of rotatable bonds is 3. The van der Waals surface area contributed by atoms with E-state index in [2.05, 4.69) is 22.4 Å². The molecular formula is C11H15N3S. The Kier molecular flexibility index (Phi) is 4.77. The number of benzene rings is 1. The molecule has 0 spiro atoms. The van der Waals surface area contributed by atoms with E-state index in [-0.39, 0.29) is 0 Å².